The Labute approximate surface area is 353 Å². The van der Waals surface area contributed by atoms with Gasteiger partial charge < -0.3 is 4.98 Å². The van der Waals surface area contributed by atoms with Crippen molar-refractivity contribution in [1.82, 2.24) is 4.98 Å². The molecule has 0 radical (unpaired) electrons. The standard InChI is InChI=1S/C54H34BIN3/c1-3-12-38(13-4-1)58-50-28-24-36(34-22-26-47-42(30-34)40-16-7-9-18-46(40)56-47)32-44(50)55-45-33-37(35-23-27-49-43(31-35)41-17-8-10-19-48(41)57-49)25-29-51(45)59(39-14-5-2-6-15-39)53-21-11-20-52(58)54(53)55/h1-33,57H/q-1. The van der Waals surface area contributed by atoms with E-state index in [1.54, 1.807) is 0 Å². The topological polar surface area (TPSA) is 22.3 Å². The normalized spacial score (nSPS) is 13.4. The van der Waals surface area contributed by atoms with Crippen LogP contribution in [0, 0.1) is 7.14 Å². The summed E-state index contributed by atoms with van der Waals surface area (Å²) < 4.78 is 3.04. The average Bonchev–Trinajstić information content (AvgIpc) is 3.87. The molecule has 13 rings (SSSR count). The molecule has 0 bridgehead atoms. The monoisotopic (exact) mass is 862 g/mol. The first-order chi connectivity index (χ1) is 29.2. The predicted molar refractivity (Wildman–Crippen MR) is 244 cm³/mol. The maximum absolute atomic E-state index is 3.63. The molecule has 10 aromatic rings. The predicted octanol–water partition coefficient (Wildman–Crippen LogP) is 8.85. The van der Waals surface area contributed by atoms with Gasteiger partial charge in [0.2, 0.25) is 0 Å². The third-order valence-electron chi connectivity index (χ3n) is 12.5. The molecule has 3 aliphatic rings. The molecule has 0 fully saturated rings. The molecule has 3 nitrogen and oxygen atoms in total. The molecular formula is C54H34BIN3-. The van der Waals surface area contributed by atoms with Gasteiger partial charge in [-0.25, -0.2) is 0 Å². The van der Waals surface area contributed by atoms with Gasteiger partial charge in [-0.1, -0.05) is 48.5 Å². The summed E-state index contributed by atoms with van der Waals surface area (Å²) in [7, 11) is 0. The summed E-state index contributed by atoms with van der Waals surface area (Å²) in [6.45, 7) is 0.00358. The summed E-state index contributed by atoms with van der Waals surface area (Å²) in [5.74, 6) is 0. The van der Waals surface area contributed by atoms with Crippen molar-refractivity contribution < 1.29 is 21.2 Å². The zero-order valence-electron chi connectivity index (χ0n) is 31.9. The zero-order chi connectivity index (χ0) is 38.6. The summed E-state index contributed by atoms with van der Waals surface area (Å²) >= 11 is -0.163. The van der Waals surface area contributed by atoms with Gasteiger partial charge in [-0.3, -0.25) is 0 Å². The minimum atomic E-state index is -0.163. The van der Waals surface area contributed by atoms with Crippen molar-refractivity contribution in [3.05, 3.63) is 207 Å². The number of H-pyrrole nitrogens is 1. The van der Waals surface area contributed by atoms with E-state index in [2.05, 4.69) is 215 Å². The Balaban J connectivity index is 1.06. The number of para-hydroxylation sites is 3. The molecule has 0 saturated heterocycles. The van der Waals surface area contributed by atoms with Crippen molar-refractivity contribution in [3.8, 4) is 33.4 Å². The fraction of sp³-hybridized carbons (Fsp3) is 0. The molecule has 4 heterocycles. The Morgan fingerprint density at radius 3 is 1.63 bits per heavy atom. The molecule has 1 N–H and O–H groups in total. The van der Waals surface area contributed by atoms with Crippen LogP contribution in [-0.2, 0) is 0 Å². The van der Waals surface area contributed by atoms with Gasteiger partial charge >= 0.3 is 250 Å². The van der Waals surface area contributed by atoms with E-state index in [4.69, 9.17) is 0 Å². The van der Waals surface area contributed by atoms with E-state index in [9.17, 15) is 0 Å². The van der Waals surface area contributed by atoms with Crippen LogP contribution in [0.5, 0.6) is 0 Å². The van der Waals surface area contributed by atoms with Gasteiger partial charge in [0.15, 0.2) is 0 Å². The number of fused-ring (bicyclic) bond motifs is 10. The van der Waals surface area contributed by atoms with Crippen LogP contribution in [0.2, 0.25) is 0 Å². The van der Waals surface area contributed by atoms with Gasteiger partial charge in [0.25, 0.3) is 0 Å². The van der Waals surface area contributed by atoms with Crippen molar-refractivity contribution in [2.75, 3.05) is 9.80 Å². The summed E-state index contributed by atoms with van der Waals surface area (Å²) in [5.41, 5.74) is 21.2. The number of nitrogens with one attached hydrogen (secondary N) is 1. The minimum absolute atomic E-state index is 0.00358. The van der Waals surface area contributed by atoms with Gasteiger partial charge in [0.05, 0.1) is 0 Å². The second-order valence-electron chi connectivity index (χ2n) is 15.7. The van der Waals surface area contributed by atoms with Gasteiger partial charge in [-0.2, -0.15) is 0 Å². The van der Waals surface area contributed by atoms with Gasteiger partial charge in [-0.05, 0) is 30.3 Å². The summed E-state index contributed by atoms with van der Waals surface area (Å²) in [6.07, 6.45) is 0. The number of rotatable bonds is 4. The first-order valence-electron chi connectivity index (χ1n) is 20.3. The number of anilines is 6. The number of nitrogens with zero attached hydrogens (tertiary/aromatic N) is 2. The first kappa shape index (κ1) is 33.2. The third-order valence-corrected chi connectivity index (χ3v) is 15.6. The van der Waals surface area contributed by atoms with Crippen LogP contribution >= 0.6 is 0 Å². The van der Waals surface area contributed by atoms with Gasteiger partial charge in [0, 0.05) is 21.8 Å². The number of benzene rings is 9. The summed E-state index contributed by atoms with van der Waals surface area (Å²) in [5, 5.41) is 2.50. The second-order valence-corrected chi connectivity index (χ2v) is 18.6. The fourth-order valence-electron chi connectivity index (χ4n) is 9.91. The van der Waals surface area contributed by atoms with Crippen molar-refractivity contribution in [2.45, 2.75) is 0 Å². The molecule has 0 atom stereocenters. The van der Waals surface area contributed by atoms with Crippen LogP contribution in [0.1, 0.15) is 0 Å². The molecule has 0 amide bonds. The fourth-order valence-corrected chi connectivity index (χ4v) is 12.8. The molecule has 0 unspecified atom stereocenters. The molecule has 59 heavy (non-hydrogen) atoms. The van der Waals surface area contributed by atoms with E-state index in [-0.39, 0.29) is 27.9 Å². The molecule has 5 heteroatoms. The van der Waals surface area contributed by atoms with E-state index >= 15 is 0 Å². The Morgan fingerprint density at radius 1 is 0.373 bits per heavy atom. The van der Waals surface area contributed by atoms with Gasteiger partial charge in [-0.15, -0.1) is 0 Å². The summed E-state index contributed by atoms with van der Waals surface area (Å²) in [4.78, 5) is 8.60. The molecule has 9 aromatic carbocycles. The number of aromatic amines is 1. The molecule has 3 aliphatic heterocycles. The summed E-state index contributed by atoms with van der Waals surface area (Å²) in [6, 6.07) is 74.7. The maximum atomic E-state index is 3.63. The Kier molecular flexibility index (Phi) is 7.22. The third kappa shape index (κ3) is 5.01. The SMILES string of the molecule is c1ccc(N2c3ccc(-c4ccc5c(c4)-c4ccccc4[I-]5)cc3B3c4cc(-c5ccc6[nH]c7ccccc7c6c5)ccc4N(c4ccccc4)c4cccc2c43)cc1. The second kappa shape index (κ2) is 12.8. The number of hydrogen-bond donors (Lipinski definition) is 1. The van der Waals surface area contributed by atoms with Crippen LogP contribution in [0.15, 0.2) is 200 Å². The Morgan fingerprint density at radius 2 is 0.915 bits per heavy atom. The molecule has 0 saturated carbocycles. The number of aromatic nitrogens is 1. The Bertz CT molecular complexity index is 3320. The van der Waals surface area contributed by atoms with E-state index in [1.165, 1.54) is 95.9 Å². The zero-order valence-corrected chi connectivity index (χ0v) is 34.1. The average molecular weight is 863 g/mol. The molecule has 0 aliphatic carbocycles. The van der Waals surface area contributed by atoms with E-state index in [0.29, 0.717) is 0 Å². The van der Waals surface area contributed by atoms with Crippen LogP contribution in [0.25, 0.3) is 55.2 Å². The van der Waals surface area contributed by atoms with E-state index < -0.39 is 0 Å². The van der Waals surface area contributed by atoms with Crippen molar-refractivity contribution in [2.24, 2.45) is 0 Å². The van der Waals surface area contributed by atoms with Crippen LogP contribution < -0.4 is 47.4 Å². The Hall–Kier alpha value is -6.83. The van der Waals surface area contributed by atoms with Crippen LogP contribution in [0.3, 0.4) is 0 Å². The molecule has 276 valence electrons. The molecule has 1 aromatic heterocycles. The van der Waals surface area contributed by atoms with Crippen molar-refractivity contribution in [1.29, 1.82) is 0 Å². The van der Waals surface area contributed by atoms with E-state index in [0.717, 1.165) is 16.9 Å². The van der Waals surface area contributed by atoms with Gasteiger partial charge in [0.1, 0.15) is 0 Å². The van der Waals surface area contributed by atoms with Crippen molar-refractivity contribution >= 4 is 79.0 Å². The molecular weight excluding hydrogens is 828 g/mol. The first-order valence-corrected chi connectivity index (χ1v) is 22.4. The number of halogens is 1. The quantitative estimate of drug-likeness (QED) is 0.141. The van der Waals surface area contributed by atoms with Crippen LogP contribution in [-0.4, -0.2) is 11.7 Å². The van der Waals surface area contributed by atoms with E-state index in [1.807, 2.05) is 0 Å². The van der Waals surface area contributed by atoms with Crippen LogP contribution in [0.4, 0.5) is 34.1 Å². The van der Waals surface area contributed by atoms with Crippen molar-refractivity contribution in [3.63, 3.8) is 0 Å². The molecule has 0 spiro atoms. The number of hydrogen-bond acceptors (Lipinski definition) is 2.